The van der Waals surface area contributed by atoms with Crippen LogP contribution in [0.3, 0.4) is 0 Å². The lowest BCUT2D eigenvalue weighted by atomic mass is 10.0. The zero-order valence-corrected chi connectivity index (χ0v) is 7.30. The molecular formula is C7H9F3O4. The molecule has 82 valence electrons. The van der Waals surface area contributed by atoms with Gasteiger partial charge in [-0.3, -0.25) is 0 Å². The van der Waals surface area contributed by atoms with E-state index in [-0.39, 0.29) is 12.9 Å². The molecule has 0 rings (SSSR count). The first-order chi connectivity index (χ1) is 6.29. The van der Waals surface area contributed by atoms with Crippen molar-refractivity contribution in [1.82, 2.24) is 0 Å². The summed E-state index contributed by atoms with van der Waals surface area (Å²) in [6.45, 7) is 0.978. The molecule has 0 aliphatic carbocycles. The molecule has 0 bridgehead atoms. The Hall–Kier alpha value is -1.11. The number of aliphatic hydroxyl groups is 1. The first-order valence-electron chi connectivity index (χ1n) is 3.69. The van der Waals surface area contributed by atoms with Crippen molar-refractivity contribution >= 4 is 12.3 Å². The summed E-state index contributed by atoms with van der Waals surface area (Å²) < 4.78 is 40.5. The molecule has 0 radical (unpaired) electrons. The van der Waals surface area contributed by atoms with Crippen molar-refractivity contribution in [3.63, 3.8) is 0 Å². The van der Waals surface area contributed by atoms with Gasteiger partial charge >= 0.3 is 12.1 Å². The van der Waals surface area contributed by atoms with E-state index in [1.54, 1.807) is 0 Å². The van der Waals surface area contributed by atoms with Gasteiger partial charge in [-0.05, 0) is 6.92 Å². The quantitative estimate of drug-likeness (QED) is 0.544. The van der Waals surface area contributed by atoms with Gasteiger partial charge in [-0.2, -0.15) is 13.2 Å². The second-order valence-corrected chi connectivity index (χ2v) is 2.45. The number of hydrogen-bond donors (Lipinski definition) is 1. The van der Waals surface area contributed by atoms with Gasteiger partial charge in [0, 0.05) is 0 Å². The SMILES string of the molecule is CCOC(=O)C(O)(CC=O)C(F)(F)F. The summed E-state index contributed by atoms with van der Waals surface area (Å²) in [6.07, 6.45) is -6.78. The summed E-state index contributed by atoms with van der Waals surface area (Å²) >= 11 is 0. The van der Waals surface area contributed by atoms with E-state index >= 15 is 0 Å². The van der Waals surface area contributed by atoms with Gasteiger partial charge in [0.05, 0.1) is 13.0 Å². The third-order valence-electron chi connectivity index (χ3n) is 1.46. The number of ether oxygens (including phenoxy) is 1. The molecule has 4 nitrogen and oxygen atoms in total. The molecule has 0 saturated carbocycles. The van der Waals surface area contributed by atoms with Crippen LogP contribution in [0.15, 0.2) is 0 Å². The second kappa shape index (κ2) is 4.41. The van der Waals surface area contributed by atoms with Crippen molar-refractivity contribution in [2.24, 2.45) is 0 Å². The van der Waals surface area contributed by atoms with Gasteiger partial charge in [0.1, 0.15) is 6.29 Å². The van der Waals surface area contributed by atoms with Crippen LogP contribution in [0.1, 0.15) is 13.3 Å². The number of halogens is 3. The van der Waals surface area contributed by atoms with Crippen LogP contribution in [-0.2, 0) is 14.3 Å². The van der Waals surface area contributed by atoms with E-state index in [2.05, 4.69) is 4.74 Å². The molecule has 1 atom stereocenters. The molecule has 0 aromatic carbocycles. The van der Waals surface area contributed by atoms with Crippen LogP contribution in [0.4, 0.5) is 13.2 Å². The Kier molecular flexibility index (Phi) is 4.06. The molecule has 7 heteroatoms. The van der Waals surface area contributed by atoms with Crippen LogP contribution in [0, 0.1) is 0 Å². The molecular weight excluding hydrogens is 205 g/mol. The fourth-order valence-electron chi connectivity index (χ4n) is 0.686. The Morgan fingerprint density at radius 1 is 1.50 bits per heavy atom. The van der Waals surface area contributed by atoms with Crippen LogP contribution in [0.2, 0.25) is 0 Å². The van der Waals surface area contributed by atoms with Crippen LogP contribution < -0.4 is 0 Å². The maximum Gasteiger partial charge on any atom is 0.428 e. The van der Waals surface area contributed by atoms with Crippen molar-refractivity contribution in [1.29, 1.82) is 0 Å². The first-order valence-corrected chi connectivity index (χ1v) is 3.69. The predicted octanol–water partition coefficient (Wildman–Crippen LogP) is 0.432. The molecule has 0 fully saturated rings. The number of carbonyl (C=O) groups excluding carboxylic acids is 2. The molecule has 0 amide bonds. The van der Waals surface area contributed by atoms with Crippen LogP contribution in [0.5, 0.6) is 0 Å². The normalized spacial score (nSPS) is 15.8. The van der Waals surface area contributed by atoms with E-state index in [1.165, 1.54) is 6.92 Å². The molecule has 1 unspecified atom stereocenters. The molecule has 0 aromatic rings. The Labute approximate surface area is 77.7 Å². The first kappa shape index (κ1) is 12.9. The van der Waals surface area contributed by atoms with E-state index in [1.807, 2.05) is 0 Å². The number of aldehydes is 1. The Morgan fingerprint density at radius 2 is 2.00 bits per heavy atom. The molecule has 0 aromatic heterocycles. The average Bonchev–Trinajstić information content (AvgIpc) is 2.03. The zero-order chi connectivity index (χ0) is 11.4. The fourth-order valence-corrected chi connectivity index (χ4v) is 0.686. The Bertz CT molecular complexity index is 225. The lowest BCUT2D eigenvalue weighted by molar-refractivity contribution is -0.262. The highest BCUT2D eigenvalue weighted by molar-refractivity contribution is 5.83. The van der Waals surface area contributed by atoms with Gasteiger partial charge in [-0.25, -0.2) is 4.79 Å². The maximum atomic E-state index is 12.2. The van der Waals surface area contributed by atoms with E-state index in [4.69, 9.17) is 5.11 Å². The standard InChI is InChI=1S/C7H9F3O4/c1-2-14-5(12)6(13,3-4-11)7(8,9)10/h4,13H,2-3H2,1H3. The monoisotopic (exact) mass is 214 g/mol. The van der Waals surface area contributed by atoms with Crippen LogP contribution >= 0.6 is 0 Å². The van der Waals surface area contributed by atoms with Crippen LogP contribution in [-0.4, -0.2) is 35.7 Å². The lowest BCUT2D eigenvalue weighted by Gasteiger charge is -2.25. The van der Waals surface area contributed by atoms with E-state index in [9.17, 15) is 22.8 Å². The highest BCUT2D eigenvalue weighted by Crippen LogP contribution is 2.33. The molecule has 0 aliphatic heterocycles. The number of esters is 1. The van der Waals surface area contributed by atoms with Crippen molar-refractivity contribution in [3.8, 4) is 0 Å². The van der Waals surface area contributed by atoms with Gasteiger partial charge < -0.3 is 14.6 Å². The largest absolute Gasteiger partial charge is 0.464 e. The smallest absolute Gasteiger partial charge is 0.428 e. The Balaban J connectivity index is 4.89. The Morgan fingerprint density at radius 3 is 2.29 bits per heavy atom. The average molecular weight is 214 g/mol. The highest BCUT2D eigenvalue weighted by atomic mass is 19.4. The number of carbonyl (C=O) groups is 2. The summed E-state index contributed by atoms with van der Waals surface area (Å²) in [5.74, 6) is -1.86. The van der Waals surface area contributed by atoms with Crippen molar-refractivity contribution in [3.05, 3.63) is 0 Å². The minimum absolute atomic E-state index is 0.190. The fraction of sp³-hybridized carbons (Fsp3) is 0.714. The summed E-state index contributed by atoms with van der Waals surface area (Å²) in [7, 11) is 0. The van der Waals surface area contributed by atoms with Crippen molar-refractivity contribution < 1.29 is 32.6 Å². The van der Waals surface area contributed by atoms with Crippen LogP contribution in [0.25, 0.3) is 0 Å². The maximum absolute atomic E-state index is 12.2. The summed E-state index contributed by atoms with van der Waals surface area (Å²) in [5, 5.41) is 8.92. The third kappa shape index (κ3) is 2.44. The lowest BCUT2D eigenvalue weighted by Crippen LogP contribution is -2.53. The summed E-state index contributed by atoms with van der Waals surface area (Å²) in [5.41, 5.74) is -3.73. The van der Waals surface area contributed by atoms with E-state index < -0.39 is 24.2 Å². The minimum atomic E-state index is -5.22. The van der Waals surface area contributed by atoms with E-state index in [0.717, 1.165) is 0 Å². The van der Waals surface area contributed by atoms with Gasteiger partial charge in [-0.15, -0.1) is 0 Å². The van der Waals surface area contributed by atoms with Gasteiger partial charge in [0.2, 0.25) is 0 Å². The van der Waals surface area contributed by atoms with Crippen molar-refractivity contribution in [2.75, 3.05) is 6.61 Å². The molecule has 0 heterocycles. The number of rotatable bonds is 4. The molecule has 0 saturated heterocycles. The molecule has 0 aliphatic rings. The number of hydrogen-bond acceptors (Lipinski definition) is 4. The number of alkyl halides is 3. The van der Waals surface area contributed by atoms with Crippen molar-refractivity contribution in [2.45, 2.75) is 25.1 Å². The molecule has 14 heavy (non-hydrogen) atoms. The molecule has 0 spiro atoms. The molecule has 1 N–H and O–H groups in total. The highest BCUT2D eigenvalue weighted by Gasteiger charge is 2.60. The second-order valence-electron chi connectivity index (χ2n) is 2.45. The predicted molar refractivity (Wildman–Crippen MR) is 38.3 cm³/mol. The van der Waals surface area contributed by atoms with Gasteiger partial charge in [0.25, 0.3) is 5.60 Å². The summed E-state index contributed by atoms with van der Waals surface area (Å²) in [4.78, 5) is 20.7. The van der Waals surface area contributed by atoms with Gasteiger partial charge in [0.15, 0.2) is 0 Å². The zero-order valence-electron chi connectivity index (χ0n) is 7.30. The van der Waals surface area contributed by atoms with E-state index in [0.29, 0.717) is 0 Å². The third-order valence-corrected chi connectivity index (χ3v) is 1.46. The minimum Gasteiger partial charge on any atom is -0.464 e. The summed E-state index contributed by atoms with van der Waals surface area (Å²) in [6, 6.07) is 0. The topological polar surface area (TPSA) is 63.6 Å². The van der Waals surface area contributed by atoms with Gasteiger partial charge in [-0.1, -0.05) is 0 Å².